The Morgan fingerprint density at radius 2 is 2.00 bits per heavy atom. The van der Waals surface area contributed by atoms with Crippen LogP contribution in [0.1, 0.15) is 19.8 Å². The van der Waals surface area contributed by atoms with Crippen molar-refractivity contribution in [3.63, 3.8) is 0 Å². The first-order chi connectivity index (χ1) is 6.41. The monoisotopic (exact) mass is 232 g/mol. The van der Waals surface area contributed by atoms with E-state index >= 15 is 0 Å². The van der Waals surface area contributed by atoms with Crippen molar-refractivity contribution in [2.24, 2.45) is 0 Å². The normalized spacial score (nSPS) is 37.1. The van der Waals surface area contributed by atoms with Crippen molar-refractivity contribution < 1.29 is 9.53 Å². The van der Waals surface area contributed by atoms with Crippen LogP contribution in [0.4, 0.5) is 0 Å². The van der Waals surface area contributed by atoms with Crippen LogP contribution in [-0.4, -0.2) is 33.2 Å². The van der Waals surface area contributed by atoms with E-state index in [0.717, 1.165) is 6.42 Å². The minimum Gasteiger partial charge on any atom is -0.417 e. The minimum absolute atomic E-state index is 0.350. The zero-order valence-corrected chi connectivity index (χ0v) is 12.0. The van der Waals surface area contributed by atoms with E-state index in [0.29, 0.717) is 12.7 Å². The van der Waals surface area contributed by atoms with Crippen LogP contribution in [0.15, 0.2) is 0 Å². The first-order valence-corrected chi connectivity index (χ1v) is 12.5. The maximum atomic E-state index is 8.93. The molecule has 0 aliphatic carbocycles. The van der Waals surface area contributed by atoms with E-state index in [4.69, 9.17) is 9.53 Å². The van der Waals surface area contributed by atoms with E-state index in [9.17, 15) is 0 Å². The molecule has 0 bridgehead atoms. The Morgan fingerprint density at radius 1 is 1.36 bits per heavy atom. The Balaban J connectivity index is 2.66. The summed E-state index contributed by atoms with van der Waals surface area (Å²) in [6.45, 7) is 9.80. The van der Waals surface area contributed by atoms with Gasteiger partial charge in [-0.15, -0.1) is 0 Å². The molecular weight excluding hydrogens is 208 g/mol. The molecule has 1 aliphatic heterocycles. The fraction of sp³-hybridized carbons (Fsp3) is 1.00. The van der Waals surface area contributed by atoms with Gasteiger partial charge in [-0.05, 0) is 32.9 Å². The van der Waals surface area contributed by atoms with Gasteiger partial charge in [0.05, 0.1) is 7.59 Å². The highest BCUT2D eigenvalue weighted by molar-refractivity contribution is 7.38. The summed E-state index contributed by atoms with van der Waals surface area (Å²) in [7, 11) is -2.59. The van der Waals surface area contributed by atoms with Crippen molar-refractivity contribution >= 4 is 15.4 Å². The highest BCUT2D eigenvalue weighted by Crippen LogP contribution is 2.36. The molecule has 1 aliphatic rings. The second-order valence-corrected chi connectivity index (χ2v) is 20.0. The maximum Gasteiger partial charge on any atom is 0.174 e. The lowest BCUT2D eigenvalue weighted by Gasteiger charge is -2.47. The molecule has 0 spiro atoms. The summed E-state index contributed by atoms with van der Waals surface area (Å²) >= 11 is 0. The lowest BCUT2D eigenvalue weighted by molar-refractivity contribution is 0.205. The Hall–Kier alpha value is 0.354. The van der Waals surface area contributed by atoms with Gasteiger partial charge in [0.25, 0.3) is 0 Å². The molecule has 1 N–H and O–H groups in total. The molecule has 1 saturated heterocycles. The van der Waals surface area contributed by atoms with Crippen LogP contribution in [0.3, 0.4) is 0 Å². The van der Waals surface area contributed by atoms with Crippen LogP contribution in [-0.2, 0) is 4.43 Å². The lowest BCUT2D eigenvalue weighted by atomic mass is 10.3. The molecule has 0 aromatic carbocycles. The van der Waals surface area contributed by atoms with E-state index in [-0.39, 0.29) is 0 Å². The summed E-state index contributed by atoms with van der Waals surface area (Å²) < 4.78 is 6.21. The van der Waals surface area contributed by atoms with E-state index in [2.05, 4.69) is 26.6 Å². The second kappa shape index (κ2) is 4.47. The van der Waals surface area contributed by atoms with Gasteiger partial charge in [0, 0.05) is 12.7 Å². The molecule has 1 rings (SSSR count). The number of hydrogen-bond acceptors (Lipinski definition) is 2. The lowest BCUT2D eigenvalue weighted by Crippen LogP contribution is -2.63. The van der Waals surface area contributed by atoms with Crippen LogP contribution in [0, 0.1) is 0 Å². The predicted molar refractivity (Wildman–Crippen MR) is 65.6 cm³/mol. The molecule has 4 heteroatoms. The molecule has 0 aromatic rings. The van der Waals surface area contributed by atoms with Crippen LogP contribution >= 0.6 is 0 Å². The van der Waals surface area contributed by atoms with E-state index in [1.165, 1.54) is 18.5 Å². The van der Waals surface area contributed by atoms with Crippen molar-refractivity contribution in [2.75, 3.05) is 6.61 Å². The molecular formula is C10H24O2Si2. The third-order valence-corrected chi connectivity index (χ3v) is 21.3. The van der Waals surface area contributed by atoms with Crippen molar-refractivity contribution in [3.8, 4) is 0 Å². The average Bonchev–Trinajstić information content (AvgIpc) is 2.08. The summed E-state index contributed by atoms with van der Waals surface area (Å²) in [4.78, 5) is 0. The third kappa shape index (κ3) is 2.48. The van der Waals surface area contributed by atoms with Gasteiger partial charge in [-0.2, -0.15) is 0 Å². The van der Waals surface area contributed by atoms with Crippen LogP contribution in [0.25, 0.3) is 0 Å². The molecule has 0 radical (unpaired) electrons. The smallest absolute Gasteiger partial charge is 0.174 e. The van der Waals surface area contributed by atoms with Gasteiger partial charge in [0.2, 0.25) is 0 Å². The number of hydrogen-bond donors (Lipinski definition) is 1. The van der Waals surface area contributed by atoms with Crippen molar-refractivity contribution in [3.05, 3.63) is 0 Å². The van der Waals surface area contributed by atoms with Crippen LogP contribution in [0.2, 0.25) is 31.7 Å². The molecule has 84 valence electrons. The van der Waals surface area contributed by atoms with E-state index in [1.54, 1.807) is 0 Å². The standard InChI is InChI=1S/C10H24O2Si2/c1-10-6-9-14(4,8-5-7-11)13(2,3)12-10/h10-11H,5-9H2,1-4H3. The summed E-state index contributed by atoms with van der Waals surface area (Å²) in [5.74, 6) is 0. The molecule has 1 fully saturated rings. The molecule has 1 heterocycles. The molecule has 2 nitrogen and oxygen atoms in total. The highest BCUT2D eigenvalue weighted by Gasteiger charge is 2.49. The average molecular weight is 232 g/mol. The number of aliphatic hydroxyl groups excluding tert-OH is 1. The highest BCUT2D eigenvalue weighted by atomic mass is 29.3. The van der Waals surface area contributed by atoms with Gasteiger partial charge < -0.3 is 9.53 Å². The molecule has 0 saturated carbocycles. The minimum atomic E-state index is -1.42. The summed E-state index contributed by atoms with van der Waals surface area (Å²) in [5.41, 5.74) is 0. The van der Waals surface area contributed by atoms with Gasteiger partial charge in [0.1, 0.15) is 0 Å². The van der Waals surface area contributed by atoms with Gasteiger partial charge in [-0.25, -0.2) is 0 Å². The molecule has 14 heavy (non-hydrogen) atoms. The fourth-order valence-corrected chi connectivity index (χ4v) is 13.3. The van der Waals surface area contributed by atoms with E-state index < -0.39 is 15.4 Å². The van der Waals surface area contributed by atoms with Gasteiger partial charge in [-0.3, -0.25) is 0 Å². The fourth-order valence-electron chi connectivity index (χ4n) is 2.42. The third-order valence-electron chi connectivity index (χ3n) is 3.94. The van der Waals surface area contributed by atoms with Crippen LogP contribution in [0.5, 0.6) is 0 Å². The SMILES string of the molecule is CC1CC[Si](C)(CCCO)[Si](C)(C)O1. The number of rotatable bonds is 3. The number of aliphatic hydroxyl groups is 1. The molecule has 2 atom stereocenters. The van der Waals surface area contributed by atoms with Crippen molar-refractivity contribution in [1.82, 2.24) is 0 Å². The summed E-state index contributed by atoms with van der Waals surface area (Å²) in [5, 5.41) is 8.93. The van der Waals surface area contributed by atoms with Crippen LogP contribution < -0.4 is 0 Å². The van der Waals surface area contributed by atoms with Gasteiger partial charge in [0.15, 0.2) is 7.83 Å². The van der Waals surface area contributed by atoms with Crippen molar-refractivity contribution in [1.29, 1.82) is 0 Å². The Bertz CT molecular complexity index is 193. The van der Waals surface area contributed by atoms with Crippen molar-refractivity contribution in [2.45, 2.75) is 57.6 Å². The maximum absolute atomic E-state index is 8.93. The predicted octanol–water partition coefficient (Wildman–Crippen LogP) is 2.54. The topological polar surface area (TPSA) is 29.5 Å². The quantitative estimate of drug-likeness (QED) is 0.758. The molecule has 0 amide bonds. The Kier molecular flexibility index (Phi) is 3.97. The van der Waals surface area contributed by atoms with Gasteiger partial charge >= 0.3 is 0 Å². The summed E-state index contributed by atoms with van der Waals surface area (Å²) in [6.07, 6.45) is 2.70. The first kappa shape index (κ1) is 12.4. The zero-order valence-electron chi connectivity index (χ0n) is 9.97. The molecule has 0 aromatic heterocycles. The Labute approximate surface area is 89.6 Å². The largest absolute Gasteiger partial charge is 0.417 e. The Morgan fingerprint density at radius 3 is 2.50 bits per heavy atom. The zero-order chi connectivity index (χ0) is 10.8. The van der Waals surface area contributed by atoms with Gasteiger partial charge in [-0.1, -0.05) is 18.6 Å². The van der Waals surface area contributed by atoms with E-state index in [1.807, 2.05) is 0 Å². The first-order valence-electron chi connectivity index (χ1n) is 5.70. The summed E-state index contributed by atoms with van der Waals surface area (Å²) in [6, 6.07) is 2.67. The molecule has 2 unspecified atom stereocenters. The second-order valence-electron chi connectivity index (χ2n) is 5.37.